The molecule has 2 aliphatic heterocycles. The first-order chi connectivity index (χ1) is 12.7. The van der Waals surface area contributed by atoms with Crippen molar-refractivity contribution in [3.63, 3.8) is 0 Å². The van der Waals surface area contributed by atoms with Gasteiger partial charge in [0.1, 0.15) is 5.82 Å². The van der Waals surface area contributed by atoms with Crippen LogP contribution in [0.1, 0.15) is 43.0 Å². The number of nitrogens with two attached hydrogens (primary N) is 1. The van der Waals surface area contributed by atoms with E-state index in [4.69, 9.17) is 10.7 Å². The highest BCUT2D eigenvalue weighted by atomic mass is 35.5. The molecule has 2 bridgehead atoms. The van der Waals surface area contributed by atoms with Gasteiger partial charge in [-0.25, -0.2) is 4.98 Å². The van der Waals surface area contributed by atoms with Crippen molar-refractivity contribution < 1.29 is 5.11 Å². The van der Waals surface area contributed by atoms with Gasteiger partial charge in [-0.2, -0.15) is 9.61 Å². The Hall–Kier alpha value is -2.22. The van der Waals surface area contributed by atoms with E-state index in [2.05, 4.69) is 15.4 Å². The number of rotatable bonds is 3. The summed E-state index contributed by atoms with van der Waals surface area (Å²) in [6.07, 6.45) is 8.30. The van der Waals surface area contributed by atoms with Crippen molar-refractivity contribution in [2.24, 2.45) is 0 Å². The SMILES string of the molecule is Cl.Nc1cc(C2CC3CCC(C2)N3)nc2c(-c3ccc(CO)nc3)cnn12. The third-order valence-corrected chi connectivity index (χ3v) is 5.71. The van der Waals surface area contributed by atoms with Crippen LogP contribution in [-0.4, -0.2) is 36.8 Å². The monoisotopic (exact) mass is 386 g/mol. The Bertz CT molecular complexity index is 945. The van der Waals surface area contributed by atoms with Crippen LogP contribution in [0.3, 0.4) is 0 Å². The van der Waals surface area contributed by atoms with E-state index >= 15 is 0 Å². The standard InChI is InChI=1S/C19H22N6O.ClH/c20-18-7-17(12-5-13-3-4-14(6-12)23-13)24-19-16(9-22-25(18)19)11-1-2-15(10-26)21-8-11;/h1-2,7-9,12-14,23,26H,3-6,10,20H2;1H. The summed E-state index contributed by atoms with van der Waals surface area (Å²) < 4.78 is 1.69. The van der Waals surface area contributed by atoms with Crippen LogP contribution >= 0.6 is 12.4 Å². The van der Waals surface area contributed by atoms with E-state index in [1.54, 1.807) is 16.9 Å². The van der Waals surface area contributed by atoms with Gasteiger partial charge in [-0.15, -0.1) is 12.4 Å². The van der Waals surface area contributed by atoms with Crippen LogP contribution < -0.4 is 11.1 Å². The van der Waals surface area contributed by atoms with Gasteiger partial charge in [0.25, 0.3) is 0 Å². The molecule has 0 aromatic carbocycles. The molecule has 3 aromatic rings. The van der Waals surface area contributed by atoms with Crippen LogP contribution in [0.5, 0.6) is 0 Å². The van der Waals surface area contributed by atoms with E-state index in [1.807, 2.05) is 18.2 Å². The summed E-state index contributed by atoms with van der Waals surface area (Å²) in [6, 6.07) is 6.95. The predicted octanol–water partition coefficient (Wildman–Crippen LogP) is 2.29. The molecule has 0 spiro atoms. The first-order valence-electron chi connectivity index (χ1n) is 9.17. The Labute approximate surface area is 163 Å². The molecule has 2 saturated heterocycles. The van der Waals surface area contributed by atoms with E-state index in [9.17, 15) is 5.11 Å². The molecule has 7 nitrogen and oxygen atoms in total. The van der Waals surface area contributed by atoms with Crippen molar-refractivity contribution in [1.82, 2.24) is 24.9 Å². The van der Waals surface area contributed by atoms with Gasteiger partial charge < -0.3 is 16.2 Å². The highest BCUT2D eigenvalue weighted by Gasteiger charge is 2.35. The molecule has 2 aliphatic rings. The smallest absolute Gasteiger partial charge is 0.165 e. The number of aliphatic hydroxyl groups is 1. The molecule has 0 amide bonds. The van der Waals surface area contributed by atoms with E-state index < -0.39 is 0 Å². The second kappa shape index (κ2) is 7.07. The van der Waals surface area contributed by atoms with E-state index in [0.717, 1.165) is 35.3 Å². The molecule has 5 rings (SSSR count). The number of anilines is 1. The molecule has 27 heavy (non-hydrogen) atoms. The van der Waals surface area contributed by atoms with Gasteiger partial charge in [-0.1, -0.05) is 6.07 Å². The Morgan fingerprint density at radius 1 is 1.19 bits per heavy atom. The molecule has 142 valence electrons. The number of pyridine rings is 1. The van der Waals surface area contributed by atoms with Crippen LogP contribution in [0.25, 0.3) is 16.8 Å². The maximum atomic E-state index is 9.18. The lowest BCUT2D eigenvalue weighted by molar-refractivity contribution is 0.277. The van der Waals surface area contributed by atoms with Crippen LogP contribution in [0.15, 0.2) is 30.6 Å². The molecule has 0 radical (unpaired) electrons. The second-order valence-corrected chi connectivity index (χ2v) is 7.40. The molecule has 4 N–H and O–H groups in total. The average Bonchev–Trinajstić information content (AvgIpc) is 3.25. The van der Waals surface area contributed by atoms with Crippen LogP contribution in [-0.2, 0) is 6.61 Å². The number of nitrogens with one attached hydrogen (secondary N) is 1. The van der Waals surface area contributed by atoms with Crippen LogP contribution in [0.2, 0.25) is 0 Å². The fraction of sp³-hybridized carbons (Fsp3) is 0.421. The molecular weight excluding hydrogens is 364 g/mol. The average molecular weight is 387 g/mol. The summed E-state index contributed by atoms with van der Waals surface area (Å²) in [5.74, 6) is 1.06. The minimum atomic E-state index is -0.0670. The number of piperidine rings is 1. The molecule has 3 aromatic heterocycles. The number of halogens is 1. The zero-order valence-corrected chi connectivity index (χ0v) is 15.7. The first-order valence-corrected chi connectivity index (χ1v) is 9.17. The van der Waals surface area contributed by atoms with Crippen molar-refractivity contribution in [3.05, 3.63) is 42.0 Å². The van der Waals surface area contributed by atoms with Crippen LogP contribution in [0, 0.1) is 0 Å². The Morgan fingerprint density at radius 3 is 2.63 bits per heavy atom. The number of aromatic nitrogens is 4. The zero-order valence-electron chi connectivity index (χ0n) is 14.9. The lowest BCUT2D eigenvalue weighted by atomic mass is 9.89. The summed E-state index contributed by atoms with van der Waals surface area (Å²) in [6.45, 7) is -0.0670. The molecular formula is C19H23ClN6O. The highest BCUT2D eigenvalue weighted by Crippen LogP contribution is 2.37. The van der Waals surface area contributed by atoms with Gasteiger partial charge >= 0.3 is 0 Å². The molecule has 2 unspecified atom stereocenters. The second-order valence-electron chi connectivity index (χ2n) is 7.40. The van der Waals surface area contributed by atoms with Gasteiger partial charge in [-0.05, 0) is 31.7 Å². The van der Waals surface area contributed by atoms with Crippen molar-refractivity contribution in [1.29, 1.82) is 0 Å². The molecule has 0 saturated carbocycles. The highest BCUT2D eigenvalue weighted by molar-refractivity contribution is 5.85. The lowest BCUT2D eigenvalue weighted by Crippen LogP contribution is -2.37. The van der Waals surface area contributed by atoms with Crippen molar-refractivity contribution >= 4 is 23.9 Å². The maximum absolute atomic E-state index is 9.18. The number of nitrogen functional groups attached to an aromatic ring is 1. The lowest BCUT2D eigenvalue weighted by Gasteiger charge is -2.28. The molecule has 2 atom stereocenters. The topological polar surface area (TPSA) is 101 Å². The summed E-state index contributed by atoms with van der Waals surface area (Å²) >= 11 is 0. The van der Waals surface area contributed by atoms with Gasteiger partial charge in [0.15, 0.2) is 5.65 Å². The largest absolute Gasteiger partial charge is 0.390 e. The third-order valence-electron chi connectivity index (χ3n) is 5.71. The number of fused-ring (bicyclic) bond motifs is 3. The van der Waals surface area contributed by atoms with E-state index in [1.165, 1.54) is 12.8 Å². The minimum absolute atomic E-state index is 0. The zero-order chi connectivity index (χ0) is 17.7. The summed E-state index contributed by atoms with van der Waals surface area (Å²) in [5.41, 5.74) is 10.6. The normalized spacial score (nSPS) is 24.1. The Kier molecular flexibility index (Phi) is 4.75. The predicted molar refractivity (Wildman–Crippen MR) is 106 cm³/mol. The van der Waals surface area contributed by atoms with Gasteiger partial charge in [0.2, 0.25) is 0 Å². The molecule has 2 fully saturated rings. The number of hydrogen-bond donors (Lipinski definition) is 3. The molecule has 8 heteroatoms. The molecule has 5 heterocycles. The van der Waals surface area contributed by atoms with Crippen molar-refractivity contribution in [2.45, 2.75) is 50.3 Å². The maximum Gasteiger partial charge on any atom is 0.165 e. The van der Waals surface area contributed by atoms with Gasteiger partial charge in [-0.3, -0.25) is 4.98 Å². The van der Waals surface area contributed by atoms with E-state index in [-0.39, 0.29) is 19.0 Å². The fourth-order valence-corrected chi connectivity index (χ4v) is 4.39. The van der Waals surface area contributed by atoms with Gasteiger partial charge in [0, 0.05) is 47.1 Å². The number of hydrogen-bond acceptors (Lipinski definition) is 6. The summed E-state index contributed by atoms with van der Waals surface area (Å²) in [7, 11) is 0. The molecule has 0 aliphatic carbocycles. The van der Waals surface area contributed by atoms with Crippen molar-refractivity contribution in [2.75, 3.05) is 5.73 Å². The quantitative estimate of drug-likeness (QED) is 0.638. The summed E-state index contributed by atoms with van der Waals surface area (Å²) in [5, 5.41) is 17.3. The summed E-state index contributed by atoms with van der Waals surface area (Å²) in [4.78, 5) is 9.22. The van der Waals surface area contributed by atoms with Crippen molar-refractivity contribution in [3.8, 4) is 11.1 Å². The minimum Gasteiger partial charge on any atom is -0.390 e. The Balaban J connectivity index is 0.00000180. The fourth-order valence-electron chi connectivity index (χ4n) is 4.39. The van der Waals surface area contributed by atoms with Gasteiger partial charge in [0.05, 0.1) is 18.5 Å². The third kappa shape index (κ3) is 3.16. The van der Waals surface area contributed by atoms with E-state index in [0.29, 0.717) is 29.5 Å². The van der Waals surface area contributed by atoms with Crippen LogP contribution in [0.4, 0.5) is 5.82 Å². The number of aliphatic hydroxyl groups excluding tert-OH is 1. The Morgan fingerprint density at radius 2 is 1.96 bits per heavy atom. The number of nitrogens with zero attached hydrogens (tertiary/aromatic N) is 4. The first kappa shape index (κ1) is 18.2.